The summed E-state index contributed by atoms with van der Waals surface area (Å²) >= 11 is 5.74. The highest BCUT2D eigenvalue weighted by atomic mass is 35.5. The number of benzene rings is 1. The standard InChI is InChI=1S/C15H20ClN3O4/c1-10-8-18(9-11(2)23-10)6-5-17-15(20)13-4-3-12(16)7-14(13)19(21)22/h3-4,7,10-11H,5-6,8-9H2,1-2H3,(H,17,20). The van der Waals surface area contributed by atoms with Crippen molar-refractivity contribution in [3.63, 3.8) is 0 Å². The van der Waals surface area contributed by atoms with Gasteiger partial charge in [0, 0.05) is 37.3 Å². The van der Waals surface area contributed by atoms with E-state index < -0.39 is 10.8 Å². The minimum absolute atomic E-state index is 0.0168. The fraction of sp³-hybridized carbons (Fsp3) is 0.533. The number of nitrogens with one attached hydrogen (secondary N) is 1. The van der Waals surface area contributed by atoms with E-state index in [1.54, 1.807) is 0 Å². The van der Waals surface area contributed by atoms with Crippen molar-refractivity contribution in [2.45, 2.75) is 26.1 Å². The van der Waals surface area contributed by atoms with Crippen molar-refractivity contribution in [1.29, 1.82) is 0 Å². The number of nitro groups is 1. The van der Waals surface area contributed by atoms with Gasteiger partial charge in [-0.25, -0.2) is 0 Å². The number of halogens is 1. The van der Waals surface area contributed by atoms with Crippen LogP contribution in [-0.2, 0) is 4.74 Å². The van der Waals surface area contributed by atoms with E-state index in [0.717, 1.165) is 13.1 Å². The Morgan fingerprint density at radius 2 is 2.09 bits per heavy atom. The van der Waals surface area contributed by atoms with Crippen LogP contribution in [0, 0.1) is 10.1 Å². The fourth-order valence-electron chi connectivity index (χ4n) is 2.74. The first-order valence-corrected chi connectivity index (χ1v) is 7.84. The number of carbonyl (C=O) groups is 1. The molecule has 1 aromatic carbocycles. The van der Waals surface area contributed by atoms with Gasteiger partial charge in [-0.15, -0.1) is 0 Å². The van der Waals surface area contributed by atoms with Gasteiger partial charge in [0.2, 0.25) is 0 Å². The molecule has 1 aliphatic rings. The molecule has 2 atom stereocenters. The molecule has 1 N–H and O–H groups in total. The molecular formula is C15H20ClN3O4. The van der Waals surface area contributed by atoms with Gasteiger partial charge < -0.3 is 10.1 Å². The maximum absolute atomic E-state index is 12.1. The third-order valence-corrected chi connectivity index (χ3v) is 3.85. The molecule has 1 fully saturated rings. The maximum Gasteiger partial charge on any atom is 0.283 e. The molecule has 23 heavy (non-hydrogen) atoms. The first kappa shape index (κ1) is 17.7. The highest BCUT2D eigenvalue weighted by Crippen LogP contribution is 2.23. The van der Waals surface area contributed by atoms with Crippen molar-refractivity contribution in [3.8, 4) is 0 Å². The molecule has 0 spiro atoms. The zero-order chi connectivity index (χ0) is 17.0. The summed E-state index contributed by atoms with van der Waals surface area (Å²) < 4.78 is 5.65. The molecule has 1 aliphatic heterocycles. The van der Waals surface area contributed by atoms with Gasteiger partial charge >= 0.3 is 0 Å². The zero-order valence-electron chi connectivity index (χ0n) is 13.1. The molecule has 1 aromatic rings. The Hall–Kier alpha value is -1.70. The lowest BCUT2D eigenvalue weighted by molar-refractivity contribution is -0.385. The quantitative estimate of drug-likeness (QED) is 0.654. The number of nitrogens with zero attached hydrogens (tertiary/aromatic N) is 2. The van der Waals surface area contributed by atoms with Gasteiger partial charge in [-0.1, -0.05) is 11.6 Å². The van der Waals surface area contributed by atoms with E-state index in [0.29, 0.717) is 13.1 Å². The second-order valence-corrected chi connectivity index (χ2v) is 6.13. The van der Waals surface area contributed by atoms with E-state index in [-0.39, 0.29) is 28.5 Å². The third-order valence-electron chi connectivity index (χ3n) is 3.61. The Bertz CT molecular complexity index is 586. The monoisotopic (exact) mass is 341 g/mol. The Labute approximate surface area is 139 Å². The first-order valence-electron chi connectivity index (χ1n) is 7.46. The van der Waals surface area contributed by atoms with Crippen molar-refractivity contribution < 1.29 is 14.5 Å². The zero-order valence-corrected chi connectivity index (χ0v) is 13.9. The SMILES string of the molecule is CC1CN(CCNC(=O)c2ccc(Cl)cc2[N+](=O)[O-])CC(C)O1. The third kappa shape index (κ3) is 4.89. The van der Waals surface area contributed by atoms with Crippen LogP contribution in [0.4, 0.5) is 5.69 Å². The predicted octanol–water partition coefficient (Wildman–Crippen LogP) is 2.09. The number of nitro benzene ring substituents is 1. The van der Waals surface area contributed by atoms with Gasteiger partial charge in [0.15, 0.2) is 0 Å². The van der Waals surface area contributed by atoms with E-state index in [9.17, 15) is 14.9 Å². The van der Waals surface area contributed by atoms with Crippen LogP contribution < -0.4 is 5.32 Å². The molecule has 8 heteroatoms. The van der Waals surface area contributed by atoms with Crippen LogP contribution in [0.1, 0.15) is 24.2 Å². The summed E-state index contributed by atoms with van der Waals surface area (Å²) in [6.45, 7) is 6.72. The van der Waals surface area contributed by atoms with E-state index >= 15 is 0 Å². The molecule has 0 saturated carbocycles. The maximum atomic E-state index is 12.1. The lowest BCUT2D eigenvalue weighted by Gasteiger charge is -2.35. The minimum Gasteiger partial charge on any atom is -0.373 e. The van der Waals surface area contributed by atoms with Gasteiger partial charge in [0.05, 0.1) is 17.1 Å². The number of morpholine rings is 1. The second kappa shape index (κ2) is 7.72. The van der Waals surface area contributed by atoms with E-state index in [2.05, 4.69) is 10.2 Å². The van der Waals surface area contributed by atoms with Gasteiger partial charge in [-0.05, 0) is 26.0 Å². The predicted molar refractivity (Wildman–Crippen MR) is 86.9 cm³/mol. The number of rotatable bonds is 5. The van der Waals surface area contributed by atoms with Gasteiger partial charge in [0.25, 0.3) is 11.6 Å². The van der Waals surface area contributed by atoms with Crippen molar-refractivity contribution in [2.75, 3.05) is 26.2 Å². The molecule has 0 aromatic heterocycles. The Morgan fingerprint density at radius 1 is 1.43 bits per heavy atom. The molecule has 2 rings (SSSR count). The van der Waals surface area contributed by atoms with Crippen LogP contribution in [0.5, 0.6) is 0 Å². The molecular weight excluding hydrogens is 322 g/mol. The molecule has 2 unspecified atom stereocenters. The first-order chi connectivity index (χ1) is 10.9. The second-order valence-electron chi connectivity index (χ2n) is 5.69. The summed E-state index contributed by atoms with van der Waals surface area (Å²) in [5.41, 5.74) is -0.272. The smallest absolute Gasteiger partial charge is 0.283 e. The van der Waals surface area contributed by atoms with E-state index in [1.807, 2.05) is 13.8 Å². The minimum atomic E-state index is -0.605. The van der Waals surface area contributed by atoms with Crippen LogP contribution in [0.25, 0.3) is 0 Å². The largest absolute Gasteiger partial charge is 0.373 e. The summed E-state index contributed by atoms with van der Waals surface area (Å²) in [4.78, 5) is 24.8. The molecule has 1 saturated heterocycles. The average Bonchev–Trinajstić information content (AvgIpc) is 2.45. The summed E-state index contributed by atoms with van der Waals surface area (Å²) in [6.07, 6.45) is 0.318. The number of ether oxygens (including phenoxy) is 1. The van der Waals surface area contributed by atoms with E-state index in [4.69, 9.17) is 16.3 Å². The van der Waals surface area contributed by atoms with Crippen molar-refractivity contribution in [3.05, 3.63) is 38.9 Å². The van der Waals surface area contributed by atoms with Crippen LogP contribution >= 0.6 is 11.6 Å². The van der Waals surface area contributed by atoms with Crippen LogP contribution in [0.15, 0.2) is 18.2 Å². The Kier molecular flexibility index (Phi) is 5.92. The van der Waals surface area contributed by atoms with Crippen molar-refractivity contribution >= 4 is 23.2 Å². The lowest BCUT2D eigenvalue weighted by Crippen LogP contribution is -2.47. The fourth-order valence-corrected chi connectivity index (χ4v) is 2.90. The summed E-state index contributed by atoms with van der Waals surface area (Å²) in [5, 5.41) is 14.0. The number of hydrogen-bond acceptors (Lipinski definition) is 5. The summed E-state index contributed by atoms with van der Waals surface area (Å²) in [5.74, 6) is -0.470. The van der Waals surface area contributed by atoms with Crippen molar-refractivity contribution in [2.24, 2.45) is 0 Å². The molecule has 1 amide bonds. The van der Waals surface area contributed by atoms with Crippen LogP contribution in [-0.4, -0.2) is 54.1 Å². The molecule has 1 heterocycles. The van der Waals surface area contributed by atoms with Crippen LogP contribution in [0.3, 0.4) is 0 Å². The lowest BCUT2D eigenvalue weighted by atomic mass is 10.1. The molecule has 126 valence electrons. The Balaban J connectivity index is 1.91. The average molecular weight is 342 g/mol. The van der Waals surface area contributed by atoms with E-state index in [1.165, 1.54) is 18.2 Å². The molecule has 0 aliphatic carbocycles. The molecule has 0 bridgehead atoms. The number of carbonyl (C=O) groups excluding carboxylic acids is 1. The van der Waals surface area contributed by atoms with Crippen molar-refractivity contribution in [1.82, 2.24) is 10.2 Å². The number of hydrogen-bond donors (Lipinski definition) is 1. The highest BCUT2D eigenvalue weighted by Gasteiger charge is 2.23. The Morgan fingerprint density at radius 3 is 2.70 bits per heavy atom. The van der Waals surface area contributed by atoms with Gasteiger partial charge in [-0.2, -0.15) is 0 Å². The topological polar surface area (TPSA) is 84.7 Å². The van der Waals surface area contributed by atoms with Gasteiger partial charge in [0.1, 0.15) is 5.56 Å². The highest BCUT2D eigenvalue weighted by molar-refractivity contribution is 6.31. The van der Waals surface area contributed by atoms with Crippen LogP contribution in [0.2, 0.25) is 5.02 Å². The molecule has 7 nitrogen and oxygen atoms in total. The normalized spacial score (nSPS) is 21.9. The van der Waals surface area contributed by atoms with Gasteiger partial charge in [-0.3, -0.25) is 19.8 Å². The molecule has 0 radical (unpaired) electrons. The summed E-state index contributed by atoms with van der Waals surface area (Å²) in [7, 11) is 0. The summed E-state index contributed by atoms with van der Waals surface area (Å²) in [6, 6.07) is 4.02. The number of amides is 1.